The van der Waals surface area contributed by atoms with Crippen LogP contribution < -0.4 is 5.73 Å². The van der Waals surface area contributed by atoms with E-state index in [9.17, 15) is 13.2 Å². The van der Waals surface area contributed by atoms with Gasteiger partial charge in [0.15, 0.2) is 0 Å². The molecule has 0 amide bonds. The number of hydrogen-bond acceptors (Lipinski definition) is 4. The zero-order valence-corrected chi connectivity index (χ0v) is 9.94. The van der Waals surface area contributed by atoms with Gasteiger partial charge in [0.1, 0.15) is 23.1 Å². The molecular weight excluding hydrogens is 277 g/mol. The number of halogens is 4. The summed E-state index contributed by atoms with van der Waals surface area (Å²) in [7, 11) is 0. The average Bonchev–Trinajstić information content (AvgIpc) is 2.71. The van der Waals surface area contributed by atoms with Crippen LogP contribution in [0.4, 0.5) is 19.0 Å². The molecule has 0 aliphatic heterocycles. The van der Waals surface area contributed by atoms with Crippen molar-refractivity contribution in [2.24, 2.45) is 0 Å². The van der Waals surface area contributed by atoms with Crippen LogP contribution >= 0.6 is 23.7 Å². The summed E-state index contributed by atoms with van der Waals surface area (Å²) in [5.41, 5.74) is 5.80. The lowest BCUT2D eigenvalue weighted by Gasteiger charge is -2.04. The molecular formula is C8H8ClF3N4S. The Hall–Kier alpha value is -1.28. The minimum Gasteiger partial charge on any atom is -0.383 e. The van der Waals surface area contributed by atoms with Gasteiger partial charge in [-0.15, -0.1) is 23.7 Å². The van der Waals surface area contributed by atoms with Crippen molar-refractivity contribution < 1.29 is 13.2 Å². The van der Waals surface area contributed by atoms with Crippen molar-refractivity contribution in [1.29, 1.82) is 0 Å². The third-order valence-corrected chi connectivity index (χ3v) is 2.61. The van der Waals surface area contributed by atoms with E-state index < -0.39 is 12.7 Å². The molecule has 0 aliphatic rings. The molecule has 0 saturated carbocycles. The molecule has 2 heterocycles. The molecule has 0 unspecified atom stereocenters. The van der Waals surface area contributed by atoms with Crippen LogP contribution in [0.3, 0.4) is 0 Å². The Morgan fingerprint density at radius 1 is 1.41 bits per heavy atom. The van der Waals surface area contributed by atoms with Gasteiger partial charge in [-0.25, -0.2) is 4.98 Å². The summed E-state index contributed by atoms with van der Waals surface area (Å²) in [6, 6.07) is 1.48. The summed E-state index contributed by atoms with van der Waals surface area (Å²) in [4.78, 5) is 3.93. The fraction of sp³-hybridized carbons (Fsp3) is 0.250. The topological polar surface area (TPSA) is 56.7 Å². The van der Waals surface area contributed by atoms with Crippen LogP contribution in [-0.4, -0.2) is 20.9 Å². The molecule has 0 aliphatic carbocycles. The summed E-state index contributed by atoms with van der Waals surface area (Å²) < 4.78 is 37.0. The van der Waals surface area contributed by atoms with Gasteiger partial charge in [-0.3, -0.25) is 4.68 Å². The average molecular weight is 285 g/mol. The minimum atomic E-state index is -4.27. The molecule has 0 bridgehead atoms. The fourth-order valence-corrected chi connectivity index (χ4v) is 1.82. The number of rotatable bonds is 2. The van der Waals surface area contributed by atoms with E-state index in [1.165, 1.54) is 23.6 Å². The first-order valence-electron chi connectivity index (χ1n) is 4.25. The zero-order chi connectivity index (χ0) is 11.8. The van der Waals surface area contributed by atoms with E-state index in [-0.39, 0.29) is 12.4 Å². The van der Waals surface area contributed by atoms with Crippen molar-refractivity contribution in [1.82, 2.24) is 14.8 Å². The van der Waals surface area contributed by atoms with E-state index in [1.54, 1.807) is 5.38 Å². The van der Waals surface area contributed by atoms with Crippen molar-refractivity contribution in [3.05, 3.63) is 17.6 Å². The van der Waals surface area contributed by atoms with Crippen molar-refractivity contribution in [2.45, 2.75) is 12.7 Å². The summed E-state index contributed by atoms with van der Waals surface area (Å²) in [5.74, 6) is 0.338. The lowest BCUT2D eigenvalue weighted by atomic mass is 10.5. The lowest BCUT2D eigenvalue weighted by Crippen LogP contribution is -2.17. The summed E-state index contributed by atoms with van der Waals surface area (Å²) in [6.07, 6.45) is -3.01. The number of hydrogen-bond donors (Lipinski definition) is 1. The standard InChI is InChI=1S/C8H7F3N4S.ClH/c9-8(10,11)4-15-2-1-5(14-15)7-13-6(12)3-16-7;/h1-3H,4,12H2;1H. The van der Waals surface area contributed by atoms with Crippen molar-refractivity contribution in [3.63, 3.8) is 0 Å². The first-order chi connectivity index (χ1) is 7.44. The van der Waals surface area contributed by atoms with Crippen molar-refractivity contribution in [2.75, 3.05) is 5.73 Å². The molecule has 2 aromatic rings. The van der Waals surface area contributed by atoms with Crippen LogP contribution in [-0.2, 0) is 6.54 Å². The molecule has 0 radical (unpaired) electrons. The molecule has 2 aromatic heterocycles. The van der Waals surface area contributed by atoms with Gasteiger partial charge in [-0.2, -0.15) is 18.3 Å². The van der Waals surface area contributed by atoms with Gasteiger partial charge in [0.2, 0.25) is 0 Å². The Labute approximate surface area is 105 Å². The molecule has 9 heteroatoms. The maximum absolute atomic E-state index is 12.1. The second-order valence-corrected chi connectivity index (χ2v) is 3.95. The summed E-state index contributed by atoms with van der Waals surface area (Å²) in [6.45, 7) is -1.10. The van der Waals surface area contributed by atoms with Crippen LogP contribution in [0, 0.1) is 0 Å². The normalized spacial score (nSPS) is 11.2. The Bertz CT molecular complexity index is 493. The van der Waals surface area contributed by atoms with E-state index in [1.807, 2.05) is 0 Å². The van der Waals surface area contributed by atoms with Gasteiger partial charge in [0.05, 0.1) is 0 Å². The Balaban J connectivity index is 0.00000144. The Morgan fingerprint density at radius 3 is 2.65 bits per heavy atom. The van der Waals surface area contributed by atoms with Crippen molar-refractivity contribution >= 4 is 29.6 Å². The SMILES string of the molecule is Cl.Nc1csc(-c2ccn(CC(F)(F)F)n2)n1. The predicted octanol–water partition coefficient (Wildman–Crippen LogP) is 2.57. The largest absolute Gasteiger partial charge is 0.408 e. The second-order valence-electron chi connectivity index (χ2n) is 3.09. The molecule has 0 aromatic carbocycles. The van der Waals surface area contributed by atoms with Crippen LogP contribution in [0.5, 0.6) is 0 Å². The third-order valence-electron chi connectivity index (χ3n) is 1.72. The lowest BCUT2D eigenvalue weighted by molar-refractivity contribution is -0.142. The molecule has 0 spiro atoms. The minimum absolute atomic E-state index is 0. The highest BCUT2D eigenvalue weighted by atomic mass is 35.5. The van der Waals surface area contributed by atoms with Gasteiger partial charge in [0, 0.05) is 11.6 Å². The summed E-state index contributed by atoms with van der Waals surface area (Å²) in [5, 5.41) is 5.89. The smallest absolute Gasteiger partial charge is 0.383 e. The molecule has 0 fully saturated rings. The zero-order valence-electron chi connectivity index (χ0n) is 8.31. The Kier molecular flexibility index (Phi) is 3.99. The van der Waals surface area contributed by atoms with E-state index in [0.29, 0.717) is 16.5 Å². The monoisotopic (exact) mass is 284 g/mol. The number of alkyl halides is 3. The fourth-order valence-electron chi connectivity index (χ4n) is 1.15. The molecule has 2 N–H and O–H groups in total. The van der Waals surface area contributed by atoms with Gasteiger partial charge in [-0.1, -0.05) is 0 Å². The third kappa shape index (κ3) is 3.60. The predicted molar refractivity (Wildman–Crippen MR) is 61.1 cm³/mol. The molecule has 0 saturated heterocycles. The Morgan fingerprint density at radius 2 is 2.12 bits per heavy atom. The number of thiazole rings is 1. The maximum Gasteiger partial charge on any atom is 0.408 e. The second kappa shape index (κ2) is 4.92. The summed E-state index contributed by atoms with van der Waals surface area (Å²) >= 11 is 1.24. The first-order valence-corrected chi connectivity index (χ1v) is 5.13. The maximum atomic E-state index is 12.1. The molecule has 2 rings (SSSR count). The molecule has 17 heavy (non-hydrogen) atoms. The first kappa shape index (κ1) is 13.8. The van der Waals surface area contributed by atoms with Gasteiger partial charge in [0.25, 0.3) is 0 Å². The van der Waals surface area contributed by atoms with Gasteiger partial charge < -0.3 is 5.73 Å². The van der Waals surface area contributed by atoms with Crippen LogP contribution in [0.15, 0.2) is 17.6 Å². The van der Waals surface area contributed by atoms with Gasteiger partial charge in [-0.05, 0) is 6.07 Å². The van der Waals surface area contributed by atoms with Crippen LogP contribution in [0.25, 0.3) is 10.7 Å². The van der Waals surface area contributed by atoms with Gasteiger partial charge >= 0.3 is 6.18 Å². The highest BCUT2D eigenvalue weighted by Crippen LogP contribution is 2.24. The highest BCUT2D eigenvalue weighted by molar-refractivity contribution is 7.13. The number of nitrogens with two attached hydrogens (primary N) is 1. The number of aromatic nitrogens is 3. The highest BCUT2D eigenvalue weighted by Gasteiger charge is 2.28. The van der Waals surface area contributed by atoms with Crippen LogP contribution in [0.2, 0.25) is 0 Å². The van der Waals surface area contributed by atoms with Crippen molar-refractivity contribution in [3.8, 4) is 10.7 Å². The molecule has 0 atom stereocenters. The number of anilines is 1. The quantitative estimate of drug-likeness (QED) is 0.922. The van der Waals surface area contributed by atoms with E-state index >= 15 is 0 Å². The number of nitrogen functional groups attached to an aromatic ring is 1. The van der Waals surface area contributed by atoms with E-state index in [0.717, 1.165) is 4.68 Å². The number of nitrogens with zero attached hydrogens (tertiary/aromatic N) is 3. The molecule has 94 valence electrons. The molecule has 4 nitrogen and oxygen atoms in total. The van der Waals surface area contributed by atoms with E-state index in [4.69, 9.17) is 5.73 Å². The van der Waals surface area contributed by atoms with E-state index in [2.05, 4.69) is 10.1 Å². The van der Waals surface area contributed by atoms with Crippen LogP contribution in [0.1, 0.15) is 0 Å².